The first kappa shape index (κ1) is 96.5. The molecule has 0 aliphatic carbocycles. The number of nitrogens with zero attached hydrogens (tertiary/aromatic N) is 3. The van der Waals surface area contributed by atoms with E-state index in [1.807, 2.05) is 84.9 Å². The van der Waals surface area contributed by atoms with Gasteiger partial charge in [-0.15, -0.1) is 11.8 Å². The monoisotopic (exact) mass is 1680 g/mol. The number of nitrogens with two attached hydrogens (primary N) is 3. The molecule has 1 aliphatic rings. The van der Waals surface area contributed by atoms with Gasteiger partial charge in [0.25, 0.3) is 0 Å². The second-order valence-electron chi connectivity index (χ2n) is 29.8. The van der Waals surface area contributed by atoms with Gasteiger partial charge < -0.3 is 105 Å². The summed E-state index contributed by atoms with van der Waals surface area (Å²) in [5.41, 5.74) is 22.0. The summed E-state index contributed by atoms with van der Waals surface area (Å²) < 4.78 is 0. The van der Waals surface area contributed by atoms with Crippen molar-refractivity contribution >= 4 is 106 Å². The van der Waals surface area contributed by atoms with Crippen LogP contribution in [0, 0.1) is 11.3 Å². The molecule has 36 nitrogen and oxygen atoms in total. The lowest BCUT2D eigenvalue weighted by Gasteiger charge is -2.32. The molecule has 1 fully saturated rings. The van der Waals surface area contributed by atoms with Crippen LogP contribution < -0.4 is 70.4 Å². The van der Waals surface area contributed by atoms with Crippen molar-refractivity contribution in [1.29, 1.82) is 5.41 Å². The minimum absolute atomic E-state index is 0.0160. The van der Waals surface area contributed by atoms with Crippen LogP contribution in [-0.4, -0.2) is 260 Å². The number of carboxylic acid groups (broad SMARTS) is 1. The minimum atomic E-state index is -1.94. The van der Waals surface area contributed by atoms with Gasteiger partial charge in [0.05, 0.1) is 37.4 Å². The van der Waals surface area contributed by atoms with E-state index in [4.69, 9.17) is 22.6 Å². The normalized spacial score (nSPS) is 15.6. The summed E-state index contributed by atoms with van der Waals surface area (Å²) in [4.78, 5) is 211. The van der Waals surface area contributed by atoms with E-state index in [0.717, 1.165) is 48.7 Å². The zero-order valence-electron chi connectivity index (χ0n) is 68.2. The zero-order chi connectivity index (χ0) is 88.6. The number of aliphatic hydroxyl groups is 3. The van der Waals surface area contributed by atoms with Crippen LogP contribution in [0.1, 0.15) is 96.8 Å². The topological polar surface area (TPSA) is 569 Å². The molecule has 648 valence electrons. The van der Waals surface area contributed by atoms with Crippen molar-refractivity contribution in [2.24, 2.45) is 23.1 Å². The number of primary amides is 2. The predicted molar refractivity (Wildman–Crippen MR) is 445 cm³/mol. The second kappa shape index (κ2) is 47.3. The number of carboxylic acids is 1. The molecule has 1 unspecified atom stereocenters. The molecule has 14 amide bonds. The van der Waals surface area contributed by atoms with Crippen molar-refractivity contribution in [1.82, 2.24) is 67.9 Å². The lowest BCUT2D eigenvalue weighted by molar-refractivity contribution is -0.145. The van der Waals surface area contributed by atoms with Gasteiger partial charge in [-0.1, -0.05) is 153 Å². The Morgan fingerprint density at radius 3 is 1.41 bits per heavy atom. The number of aliphatic carboxylic acids is 1. The highest BCUT2D eigenvalue weighted by Crippen LogP contribution is 2.25. The van der Waals surface area contributed by atoms with Crippen LogP contribution in [0.3, 0.4) is 0 Å². The van der Waals surface area contributed by atoms with Gasteiger partial charge in [-0.05, 0) is 98.2 Å². The number of thioether (sulfide) groups is 1. The number of rotatable bonds is 46. The highest BCUT2D eigenvalue weighted by molar-refractivity contribution is 8.00. The maximum absolute atomic E-state index is 15.0. The first-order chi connectivity index (χ1) is 56.9. The van der Waals surface area contributed by atoms with Gasteiger partial charge in [-0.25, -0.2) is 0 Å². The van der Waals surface area contributed by atoms with Gasteiger partial charge in [-0.2, -0.15) is 0 Å². The number of likely N-dealkylation sites (tertiary alicyclic amines) is 1. The summed E-state index contributed by atoms with van der Waals surface area (Å²) in [6, 6.07) is 24.0. The molecule has 1 saturated heterocycles. The third-order valence-corrected chi connectivity index (χ3v) is 21.1. The molecule has 120 heavy (non-hydrogen) atoms. The Morgan fingerprint density at radius 1 is 0.492 bits per heavy atom. The molecule has 0 saturated carbocycles. The van der Waals surface area contributed by atoms with Gasteiger partial charge in [0.15, 0.2) is 5.96 Å². The molecular formula is C83H111N17O19S. The molecule has 0 aromatic heterocycles. The summed E-state index contributed by atoms with van der Waals surface area (Å²) >= 11 is 0.822. The maximum Gasteiger partial charge on any atom is 0.305 e. The fourth-order valence-electron chi connectivity index (χ4n) is 13.0. The van der Waals surface area contributed by atoms with Crippen LogP contribution >= 0.6 is 11.8 Å². The van der Waals surface area contributed by atoms with Gasteiger partial charge >= 0.3 is 5.97 Å². The van der Waals surface area contributed by atoms with E-state index in [9.17, 15) is 92.3 Å². The number of hydrogen-bond acceptors (Lipinski definition) is 20. The van der Waals surface area contributed by atoms with Crippen molar-refractivity contribution in [3.63, 3.8) is 0 Å². The molecule has 37 heteroatoms. The van der Waals surface area contributed by atoms with Gasteiger partial charge in [0, 0.05) is 52.2 Å². The number of benzene rings is 5. The second-order valence-corrected chi connectivity index (χ2v) is 30.8. The molecule has 0 radical (unpaired) electrons. The van der Waals surface area contributed by atoms with Gasteiger partial charge in [0.1, 0.15) is 72.5 Å². The maximum atomic E-state index is 15.0. The first-order valence-corrected chi connectivity index (χ1v) is 40.3. The average molecular weight is 1680 g/mol. The third-order valence-electron chi connectivity index (χ3n) is 20.1. The SMILES string of the molecule is CC(C)C(NC(=O)[C@H](Cc1ccccc1)NC(=O)CSC[C@H](NC(=O)[C@@H]1CCCN1C(=O)[C@H](CCCNC(=N)N)NC(=O)[C@H](CC(=O)O)NC(=O)[C@H](C)N(C)C(=O)[C@H](Cc1ccc(-c2ccccc2)cc1)NC(=O)[C@H](C)N(C)C(=O)[C@H](Cc1ccc(-c2ccccc2)cc1)NC(=O)C[C@@H](C)O)C(N)=O)C(=O)N[C@@H](CO)C(=O)N[C@H](C(N)=O)[C@@H](C)O. The average Bonchev–Trinajstić information content (AvgIpc) is 1.69. The number of hydrogen-bond donors (Lipinski definition) is 18. The lowest BCUT2D eigenvalue weighted by atomic mass is 9.99. The number of likely N-dealkylation sites (N-methyl/N-ethyl adjacent to an activating group) is 2. The van der Waals surface area contributed by atoms with E-state index >= 15 is 0 Å². The van der Waals surface area contributed by atoms with E-state index in [2.05, 4.69) is 53.2 Å². The Bertz CT molecular complexity index is 4380. The van der Waals surface area contributed by atoms with Crippen LogP contribution in [0.5, 0.6) is 0 Å². The molecule has 0 bridgehead atoms. The highest BCUT2D eigenvalue weighted by Gasteiger charge is 2.42. The summed E-state index contributed by atoms with van der Waals surface area (Å²) in [5.74, 6) is -16.2. The van der Waals surface area contributed by atoms with Crippen molar-refractivity contribution in [3.8, 4) is 22.3 Å². The Balaban J connectivity index is 1.15. The quantitative estimate of drug-likeness (QED) is 0.0118. The highest BCUT2D eigenvalue weighted by atomic mass is 32.2. The molecule has 6 rings (SSSR count). The summed E-state index contributed by atoms with van der Waals surface area (Å²) in [6.07, 6.45) is -4.14. The largest absolute Gasteiger partial charge is 0.481 e. The fraction of sp³-hybridized carbons (Fsp3) is 0.446. The van der Waals surface area contributed by atoms with Gasteiger partial charge in [0.2, 0.25) is 82.7 Å². The minimum Gasteiger partial charge on any atom is -0.481 e. The van der Waals surface area contributed by atoms with E-state index in [-0.39, 0.29) is 70.2 Å². The smallest absolute Gasteiger partial charge is 0.305 e. The molecule has 14 atom stereocenters. The van der Waals surface area contributed by atoms with E-state index in [0.29, 0.717) is 16.7 Å². The number of aliphatic hydroxyl groups excluding tert-OH is 3. The first-order valence-electron chi connectivity index (χ1n) is 39.2. The molecule has 1 heterocycles. The van der Waals surface area contributed by atoms with Crippen molar-refractivity contribution in [2.75, 3.05) is 45.3 Å². The Kier molecular flexibility index (Phi) is 38.0. The number of guanidine groups is 1. The van der Waals surface area contributed by atoms with Crippen molar-refractivity contribution in [2.45, 2.75) is 184 Å². The molecule has 5 aromatic rings. The van der Waals surface area contributed by atoms with Crippen LogP contribution in [0.25, 0.3) is 22.3 Å². The summed E-state index contributed by atoms with van der Waals surface area (Å²) in [5, 5.41) is 73.1. The Labute approximate surface area is 699 Å². The summed E-state index contributed by atoms with van der Waals surface area (Å²) in [6.45, 7) is 7.36. The van der Waals surface area contributed by atoms with Gasteiger partial charge in [-0.3, -0.25) is 77.3 Å². The molecule has 1 aliphatic heterocycles. The van der Waals surface area contributed by atoms with E-state index < -0.39 is 204 Å². The predicted octanol–water partition coefficient (Wildman–Crippen LogP) is -1.66. The molecule has 21 N–H and O–H groups in total. The molecule has 0 spiro atoms. The lowest BCUT2D eigenvalue weighted by Crippen LogP contribution is -2.61. The number of nitrogens with one attached hydrogen (secondary N) is 11. The van der Waals surface area contributed by atoms with E-state index in [1.165, 1.54) is 41.8 Å². The van der Waals surface area contributed by atoms with Crippen LogP contribution in [0.15, 0.2) is 140 Å². The third kappa shape index (κ3) is 29.9. The fourth-order valence-corrected chi connectivity index (χ4v) is 13.9. The number of carbonyl (C=O) groups excluding carboxylic acids is 14. The standard InChI is InChI=1S/C83H111N17O19S/c1-46(2)69(79(116)94-63(43-101)77(114)97-70(50(6)103)72(85)109)96-76(113)59(39-51-20-12-9-13-21-51)89-67(105)45-120-44-64(71(84)108)95-78(115)65-27-19-37-100(65)82(119)58(26-18-36-88-83(86)87)91-75(112)60(42-68(106)107)92-73(110)48(4)99(8)81(118)62(41-53-30-34-57(35-31-53)55-24-16-11-17-25-55)93-74(111)49(5)98(7)80(117)61(90-66(104)38-47(3)102)40-52-28-32-56(33-29-52)54-22-14-10-15-23-54/h9-17,20-25,28-35,46-50,58-65,69-70,101-103H,18-19,26-27,36-45H2,1-8H3,(H2,84,108)(H2,85,109)(H,89,105)(H,90,104)(H,91,112)(H,92,110)(H,93,111)(H,94,116)(H,95,115)(H,96,113)(H,97,114)(H,106,107)(H4,86,87,88)/t47-,48+,49+,50-,58+,59+,60+,61+,62+,63+,64+,65+,69?,70+/m1/s1. The Morgan fingerprint density at radius 2 is 0.933 bits per heavy atom. The van der Waals surface area contributed by atoms with Crippen LogP contribution in [-0.2, 0) is 91.2 Å². The van der Waals surface area contributed by atoms with Crippen molar-refractivity contribution in [3.05, 3.63) is 156 Å². The van der Waals surface area contributed by atoms with Crippen LogP contribution in [0.2, 0.25) is 0 Å². The molecular weight excluding hydrogens is 1570 g/mol. The zero-order valence-corrected chi connectivity index (χ0v) is 69.0. The Hall–Kier alpha value is -12.4. The summed E-state index contributed by atoms with van der Waals surface area (Å²) in [7, 11) is 2.59. The van der Waals surface area contributed by atoms with E-state index in [1.54, 1.807) is 68.4 Å². The molecule has 5 aromatic carbocycles. The van der Waals surface area contributed by atoms with Crippen LogP contribution in [0.4, 0.5) is 0 Å². The number of amides is 14. The van der Waals surface area contributed by atoms with Crippen molar-refractivity contribution < 1.29 is 92.3 Å². The number of carbonyl (C=O) groups is 15.